The van der Waals surface area contributed by atoms with Crippen LogP contribution in [0.3, 0.4) is 0 Å². The van der Waals surface area contributed by atoms with Gasteiger partial charge in [-0.05, 0) is 44.4 Å². The van der Waals surface area contributed by atoms with Crippen molar-refractivity contribution >= 4 is 31.3 Å². The molecule has 0 bridgehead atoms. The quantitative estimate of drug-likeness (QED) is 0.251. The Labute approximate surface area is 161 Å². The number of phosphoric ester groups is 1. The molecule has 14 nitrogen and oxygen atoms in total. The van der Waals surface area contributed by atoms with E-state index in [2.05, 4.69) is 22.5 Å². The van der Waals surface area contributed by atoms with Crippen LogP contribution in [0.4, 0.5) is 0 Å². The Balaban J connectivity index is 0.00000129. The minimum absolute atomic E-state index is 0.443. The highest BCUT2D eigenvalue weighted by Crippen LogP contribution is 2.67. The summed E-state index contributed by atoms with van der Waals surface area (Å²) in [6.45, 7) is 5.73. The van der Waals surface area contributed by atoms with Gasteiger partial charge in [0, 0.05) is 0 Å². The van der Waals surface area contributed by atoms with Gasteiger partial charge in [-0.2, -0.15) is 8.62 Å². The van der Waals surface area contributed by atoms with Crippen molar-refractivity contribution in [2.45, 2.75) is 52.1 Å². The fourth-order valence-electron chi connectivity index (χ4n) is 2.58. The third-order valence-corrected chi connectivity index (χ3v) is 7.78. The summed E-state index contributed by atoms with van der Waals surface area (Å²) in [5, 5.41) is 0. The molecule has 28 heavy (non-hydrogen) atoms. The lowest BCUT2D eigenvalue weighted by Gasteiger charge is -2.38. The Morgan fingerprint density at radius 2 is 1.21 bits per heavy atom. The second-order valence-corrected chi connectivity index (χ2v) is 12.1. The van der Waals surface area contributed by atoms with Crippen LogP contribution in [0.2, 0.25) is 0 Å². The molecule has 18 heteroatoms. The summed E-state index contributed by atoms with van der Waals surface area (Å²) >= 11 is 0. The zero-order valence-corrected chi connectivity index (χ0v) is 18.8. The molecule has 0 spiro atoms. The molecule has 1 saturated carbocycles. The van der Waals surface area contributed by atoms with Crippen molar-refractivity contribution in [2.75, 3.05) is 0 Å². The maximum absolute atomic E-state index is 11.9. The summed E-state index contributed by atoms with van der Waals surface area (Å²) in [4.78, 5) is 57.2. The molecular formula is C10H26O14P4. The van der Waals surface area contributed by atoms with Gasteiger partial charge in [-0.3, -0.25) is 4.52 Å². The van der Waals surface area contributed by atoms with E-state index in [4.69, 9.17) is 38.4 Å². The van der Waals surface area contributed by atoms with E-state index < -0.39 is 36.9 Å². The van der Waals surface area contributed by atoms with Gasteiger partial charge in [0.2, 0.25) is 0 Å². The average Bonchev–Trinajstić information content (AvgIpc) is 2.30. The topological polar surface area (TPSA) is 238 Å². The lowest BCUT2D eigenvalue weighted by molar-refractivity contribution is 0.000909. The molecule has 0 heterocycles. The van der Waals surface area contributed by atoms with E-state index in [9.17, 15) is 18.6 Å². The van der Waals surface area contributed by atoms with E-state index in [1.165, 1.54) is 0 Å². The lowest BCUT2D eigenvalue weighted by Crippen LogP contribution is -2.34. The molecule has 1 fully saturated rings. The van der Waals surface area contributed by atoms with Crippen LogP contribution in [0.5, 0.6) is 0 Å². The Kier molecular flexibility index (Phi) is 10.4. The maximum Gasteiger partial charge on any atom is 0.490 e. The molecule has 0 aromatic rings. The van der Waals surface area contributed by atoms with E-state index in [-0.39, 0.29) is 0 Å². The van der Waals surface area contributed by atoms with Crippen LogP contribution in [0, 0.1) is 11.8 Å². The van der Waals surface area contributed by atoms with Gasteiger partial charge in [0.05, 0.1) is 5.60 Å². The van der Waals surface area contributed by atoms with Crippen molar-refractivity contribution < 1.29 is 65.7 Å². The van der Waals surface area contributed by atoms with Gasteiger partial charge in [0.1, 0.15) is 0 Å². The minimum Gasteiger partial charge on any atom is -0.303 e. The van der Waals surface area contributed by atoms with Gasteiger partial charge in [0.25, 0.3) is 0 Å². The Bertz CT molecular complexity index is 678. The van der Waals surface area contributed by atoms with Crippen molar-refractivity contribution in [1.29, 1.82) is 0 Å². The van der Waals surface area contributed by atoms with Gasteiger partial charge in [-0.25, -0.2) is 18.3 Å². The molecule has 0 aliphatic heterocycles. The summed E-state index contributed by atoms with van der Waals surface area (Å²) in [5.74, 6) is 0.915. The summed E-state index contributed by atoms with van der Waals surface area (Å²) in [7, 11) is -20.5. The van der Waals surface area contributed by atoms with E-state index in [1.54, 1.807) is 6.92 Å². The molecule has 1 aliphatic rings. The van der Waals surface area contributed by atoms with Gasteiger partial charge in [0.15, 0.2) is 0 Å². The van der Waals surface area contributed by atoms with Crippen LogP contribution in [0.25, 0.3) is 0 Å². The first-order valence-corrected chi connectivity index (χ1v) is 13.8. The Morgan fingerprint density at radius 3 is 1.54 bits per heavy atom. The van der Waals surface area contributed by atoms with Gasteiger partial charge in [-0.15, -0.1) is 0 Å². The molecule has 7 N–H and O–H groups in total. The maximum atomic E-state index is 11.9. The van der Waals surface area contributed by atoms with E-state index in [0.29, 0.717) is 24.7 Å². The van der Waals surface area contributed by atoms with Crippen LogP contribution in [-0.2, 0) is 31.4 Å². The molecule has 0 amide bonds. The molecule has 2 unspecified atom stereocenters. The summed E-state index contributed by atoms with van der Waals surface area (Å²) in [6.07, 6.45) is 2.39. The molecular weight excluding hydrogens is 468 g/mol. The van der Waals surface area contributed by atoms with Gasteiger partial charge >= 0.3 is 31.3 Å². The van der Waals surface area contributed by atoms with E-state index in [0.717, 1.165) is 12.8 Å². The van der Waals surface area contributed by atoms with Crippen molar-refractivity contribution in [3.8, 4) is 0 Å². The largest absolute Gasteiger partial charge is 0.490 e. The van der Waals surface area contributed by atoms with Crippen molar-refractivity contribution in [3.05, 3.63) is 0 Å². The first kappa shape index (κ1) is 28.5. The third-order valence-electron chi connectivity index (χ3n) is 3.78. The fraction of sp³-hybridized carbons (Fsp3) is 1.00. The lowest BCUT2D eigenvalue weighted by atomic mass is 9.75. The summed E-state index contributed by atoms with van der Waals surface area (Å²) in [5.41, 5.74) is -1.04. The fourth-order valence-corrected chi connectivity index (χ4v) is 5.96. The predicted molar refractivity (Wildman–Crippen MR) is 94.4 cm³/mol. The highest BCUT2D eigenvalue weighted by Gasteiger charge is 2.45. The van der Waals surface area contributed by atoms with Crippen LogP contribution >= 0.6 is 31.3 Å². The van der Waals surface area contributed by atoms with Crippen LogP contribution in [0.15, 0.2) is 0 Å². The molecule has 0 saturated heterocycles. The zero-order valence-electron chi connectivity index (χ0n) is 15.3. The molecule has 0 aromatic heterocycles. The monoisotopic (exact) mass is 494 g/mol. The van der Waals surface area contributed by atoms with Crippen molar-refractivity contribution in [2.24, 2.45) is 11.8 Å². The van der Waals surface area contributed by atoms with Gasteiger partial charge in [-0.1, -0.05) is 13.8 Å². The number of rotatable bonds is 7. The molecule has 0 aromatic carbocycles. The normalized spacial score (nSPS) is 28.0. The minimum atomic E-state index is -5.46. The molecule has 2 atom stereocenters. The number of hydrogen-bond donors (Lipinski definition) is 7. The molecule has 0 radical (unpaired) electrons. The standard InChI is InChI=1S/C10H23O10P3.H3O4P/c1-8(2)9-4-6-10(3,7-5-9)18-22(14,15)20-23(16,17)19-21(11,12)13;1-5(2,3)4/h8-9H,4-7H2,1-3H3,(H,14,15)(H,16,17)(H2,11,12,13);(H3,1,2,3,4). The second-order valence-electron chi connectivity index (χ2n) is 6.73. The first-order valence-electron chi connectivity index (χ1n) is 7.76. The second kappa shape index (κ2) is 10.2. The number of phosphoric acid groups is 4. The molecule has 1 aliphatic carbocycles. The zero-order chi connectivity index (χ0) is 22.6. The highest BCUT2D eigenvalue weighted by atomic mass is 31.3. The smallest absolute Gasteiger partial charge is 0.303 e. The number of hydrogen-bond acceptors (Lipinski definition) is 7. The average molecular weight is 494 g/mol. The van der Waals surface area contributed by atoms with Crippen molar-refractivity contribution in [1.82, 2.24) is 0 Å². The SMILES string of the molecule is CC(C)C1CCC(C)(OP(=O)(O)OP(=O)(O)OP(=O)(O)O)CC1.O=P(O)(O)O. The van der Waals surface area contributed by atoms with Crippen molar-refractivity contribution in [3.63, 3.8) is 0 Å². The van der Waals surface area contributed by atoms with Gasteiger partial charge < -0.3 is 34.3 Å². The Morgan fingerprint density at radius 1 is 0.821 bits per heavy atom. The first-order chi connectivity index (χ1) is 12.1. The summed E-state index contributed by atoms with van der Waals surface area (Å²) in [6, 6.07) is 0. The van der Waals surface area contributed by atoms with Crippen LogP contribution < -0.4 is 0 Å². The molecule has 170 valence electrons. The predicted octanol–water partition coefficient (Wildman–Crippen LogP) is 2.01. The highest BCUT2D eigenvalue weighted by molar-refractivity contribution is 7.66. The van der Waals surface area contributed by atoms with Crippen LogP contribution in [0.1, 0.15) is 46.5 Å². The van der Waals surface area contributed by atoms with E-state index >= 15 is 0 Å². The molecule has 1 rings (SSSR count). The summed E-state index contributed by atoms with van der Waals surface area (Å²) < 4.78 is 55.0. The van der Waals surface area contributed by atoms with E-state index in [1.807, 2.05) is 0 Å². The van der Waals surface area contributed by atoms with Crippen LogP contribution in [-0.4, -0.2) is 39.9 Å². The Hall–Kier alpha value is 0.520. The third kappa shape index (κ3) is 14.5.